The summed E-state index contributed by atoms with van der Waals surface area (Å²) in [7, 11) is 0. The molecule has 0 aliphatic rings. The number of carbonyl (C=O) groups is 1. The van der Waals surface area contributed by atoms with E-state index in [9.17, 15) is 4.79 Å². The molecule has 1 heterocycles. The number of nitrogens with zero attached hydrogens (tertiary/aromatic N) is 1. The number of H-pyrrole nitrogens is 1. The maximum absolute atomic E-state index is 11.7. The molecule has 2 N–H and O–H groups in total. The van der Waals surface area contributed by atoms with Gasteiger partial charge in [0.25, 0.3) is 0 Å². The Bertz CT molecular complexity index is 587. The Kier molecular flexibility index (Phi) is 4.36. The zero-order chi connectivity index (χ0) is 13.7. The van der Waals surface area contributed by atoms with Crippen LogP contribution in [0.4, 0.5) is 5.82 Å². The summed E-state index contributed by atoms with van der Waals surface area (Å²) in [6, 6.07) is 9.06. The van der Waals surface area contributed by atoms with Gasteiger partial charge in [-0.3, -0.25) is 9.89 Å². The summed E-state index contributed by atoms with van der Waals surface area (Å²) in [6.45, 7) is 2.01. The van der Waals surface area contributed by atoms with Crippen LogP contribution in [-0.4, -0.2) is 16.1 Å². The Balaban J connectivity index is 1.95. The molecule has 0 atom stereocenters. The largest absolute Gasteiger partial charge is 0.306 e. The van der Waals surface area contributed by atoms with Gasteiger partial charge in [-0.05, 0) is 30.2 Å². The molecule has 5 heteroatoms. The standard InChI is InChI=1S/C14H14ClN3O/c1-2-12-9-13(18-17-12)16-14(19)8-5-10-3-6-11(15)7-4-10/h3-9H,2H2,1H3,(H2,16,17,18,19)/b8-5+. The molecule has 1 aromatic carbocycles. The fourth-order valence-electron chi connectivity index (χ4n) is 1.52. The lowest BCUT2D eigenvalue weighted by Gasteiger charge is -1.96. The van der Waals surface area contributed by atoms with E-state index in [-0.39, 0.29) is 5.91 Å². The first-order valence-electron chi connectivity index (χ1n) is 5.96. The first-order valence-corrected chi connectivity index (χ1v) is 6.34. The maximum atomic E-state index is 11.7. The number of aryl methyl sites for hydroxylation is 1. The van der Waals surface area contributed by atoms with E-state index < -0.39 is 0 Å². The van der Waals surface area contributed by atoms with Gasteiger partial charge >= 0.3 is 0 Å². The van der Waals surface area contributed by atoms with Crippen LogP contribution in [0.1, 0.15) is 18.2 Å². The molecule has 0 unspecified atom stereocenters. The van der Waals surface area contributed by atoms with Crippen LogP contribution in [0.15, 0.2) is 36.4 Å². The van der Waals surface area contributed by atoms with Gasteiger partial charge in [-0.1, -0.05) is 30.7 Å². The van der Waals surface area contributed by atoms with Crippen LogP contribution in [0.3, 0.4) is 0 Å². The number of nitrogens with one attached hydrogen (secondary N) is 2. The van der Waals surface area contributed by atoms with E-state index in [4.69, 9.17) is 11.6 Å². The van der Waals surface area contributed by atoms with Crippen molar-refractivity contribution in [1.29, 1.82) is 0 Å². The van der Waals surface area contributed by atoms with Gasteiger partial charge in [0, 0.05) is 22.9 Å². The van der Waals surface area contributed by atoms with Crippen LogP contribution in [-0.2, 0) is 11.2 Å². The molecule has 0 saturated heterocycles. The van der Waals surface area contributed by atoms with E-state index >= 15 is 0 Å². The average molecular weight is 276 g/mol. The Labute approximate surface area is 116 Å². The first-order chi connectivity index (χ1) is 9.17. The van der Waals surface area contributed by atoms with E-state index in [1.54, 1.807) is 18.2 Å². The average Bonchev–Trinajstić information content (AvgIpc) is 2.86. The highest BCUT2D eigenvalue weighted by atomic mass is 35.5. The minimum atomic E-state index is -0.218. The number of benzene rings is 1. The third-order valence-electron chi connectivity index (χ3n) is 2.56. The Hall–Kier alpha value is -2.07. The van der Waals surface area contributed by atoms with Crippen LogP contribution in [0, 0.1) is 0 Å². The van der Waals surface area contributed by atoms with Crippen molar-refractivity contribution in [3.8, 4) is 0 Å². The van der Waals surface area contributed by atoms with Crippen molar-refractivity contribution in [2.75, 3.05) is 5.32 Å². The van der Waals surface area contributed by atoms with Gasteiger partial charge in [-0.2, -0.15) is 5.10 Å². The monoisotopic (exact) mass is 275 g/mol. The van der Waals surface area contributed by atoms with Gasteiger partial charge in [-0.25, -0.2) is 0 Å². The third kappa shape index (κ3) is 3.96. The zero-order valence-electron chi connectivity index (χ0n) is 10.5. The Morgan fingerprint density at radius 3 is 2.79 bits per heavy atom. The van der Waals surface area contributed by atoms with Gasteiger partial charge in [-0.15, -0.1) is 0 Å². The number of hydrogen-bond donors (Lipinski definition) is 2. The van der Waals surface area contributed by atoms with Gasteiger partial charge in [0.15, 0.2) is 5.82 Å². The number of carbonyl (C=O) groups excluding carboxylic acids is 1. The number of aromatic nitrogens is 2. The molecule has 1 amide bonds. The number of amides is 1. The number of halogens is 1. The molecule has 0 saturated carbocycles. The highest BCUT2D eigenvalue weighted by Gasteiger charge is 2.02. The summed E-state index contributed by atoms with van der Waals surface area (Å²) in [5.74, 6) is 0.312. The number of anilines is 1. The normalized spacial score (nSPS) is 10.8. The molecule has 2 aromatic rings. The lowest BCUT2D eigenvalue weighted by molar-refractivity contribution is -0.111. The summed E-state index contributed by atoms with van der Waals surface area (Å²) in [5, 5.41) is 10.2. The van der Waals surface area contributed by atoms with Gasteiger partial charge < -0.3 is 5.32 Å². The molecule has 0 bridgehead atoms. The molecule has 4 nitrogen and oxygen atoms in total. The van der Waals surface area contributed by atoms with Crippen molar-refractivity contribution in [1.82, 2.24) is 10.2 Å². The van der Waals surface area contributed by atoms with Crippen LogP contribution in [0.5, 0.6) is 0 Å². The van der Waals surface area contributed by atoms with Crippen molar-refractivity contribution in [2.24, 2.45) is 0 Å². The molecule has 0 spiro atoms. The first kappa shape index (κ1) is 13.4. The van der Waals surface area contributed by atoms with Crippen LogP contribution >= 0.6 is 11.6 Å². The van der Waals surface area contributed by atoms with Crippen molar-refractivity contribution < 1.29 is 4.79 Å². The molecular weight excluding hydrogens is 262 g/mol. The van der Waals surface area contributed by atoms with Gasteiger partial charge in [0.05, 0.1) is 0 Å². The maximum Gasteiger partial charge on any atom is 0.249 e. The SMILES string of the molecule is CCc1cc(NC(=O)/C=C/c2ccc(Cl)cc2)n[nH]1. The lowest BCUT2D eigenvalue weighted by atomic mass is 10.2. The van der Waals surface area contributed by atoms with Crippen molar-refractivity contribution in [3.05, 3.63) is 52.7 Å². The highest BCUT2D eigenvalue weighted by Crippen LogP contribution is 2.11. The summed E-state index contributed by atoms with van der Waals surface area (Å²) in [4.78, 5) is 11.7. The van der Waals surface area contributed by atoms with Gasteiger partial charge in [0.2, 0.25) is 5.91 Å². The predicted molar refractivity (Wildman–Crippen MR) is 77.1 cm³/mol. The summed E-state index contributed by atoms with van der Waals surface area (Å²) in [6.07, 6.45) is 4.03. The molecular formula is C14H14ClN3O. The van der Waals surface area contributed by atoms with E-state index in [0.717, 1.165) is 17.7 Å². The second kappa shape index (κ2) is 6.20. The van der Waals surface area contributed by atoms with Crippen molar-refractivity contribution in [2.45, 2.75) is 13.3 Å². The Morgan fingerprint density at radius 1 is 1.42 bits per heavy atom. The minimum Gasteiger partial charge on any atom is -0.306 e. The molecule has 1 aromatic heterocycles. The molecule has 0 radical (unpaired) electrons. The lowest BCUT2D eigenvalue weighted by Crippen LogP contribution is -2.07. The quantitative estimate of drug-likeness (QED) is 0.842. The third-order valence-corrected chi connectivity index (χ3v) is 2.81. The minimum absolute atomic E-state index is 0.218. The molecule has 98 valence electrons. The topological polar surface area (TPSA) is 57.8 Å². The molecule has 2 rings (SSSR count). The summed E-state index contributed by atoms with van der Waals surface area (Å²) in [5.41, 5.74) is 1.90. The number of rotatable bonds is 4. The number of aromatic amines is 1. The van der Waals surface area contributed by atoms with Crippen LogP contribution in [0.2, 0.25) is 5.02 Å². The summed E-state index contributed by atoms with van der Waals surface area (Å²) >= 11 is 5.78. The second-order valence-electron chi connectivity index (χ2n) is 4.01. The van der Waals surface area contributed by atoms with Crippen molar-refractivity contribution in [3.63, 3.8) is 0 Å². The number of hydrogen-bond acceptors (Lipinski definition) is 2. The van der Waals surface area contributed by atoms with Gasteiger partial charge in [0.1, 0.15) is 0 Å². The predicted octanol–water partition coefficient (Wildman–Crippen LogP) is 3.28. The summed E-state index contributed by atoms with van der Waals surface area (Å²) < 4.78 is 0. The van der Waals surface area contributed by atoms with Crippen LogP contribution < -0.4 is 5.32 Å². The molecule has 0 fully saturated rings. The zero-order valence-corrected chi connectivity index (χ0v) is 11.2. The highest BCUT2D eigenvalue weighted by molar-refractivity contribution is 6.30. The fraction of sp³-hybridized carbons (Fsp3) is 0.143. The van der Waals surface area contributed by atoms with E-state index in [0.29, 0.717) is 10.8 Å². The molecule has 0 aliphatic heterocycles. The smallest absolute Gasteiger partial charge is 0.249 e. The van der Waals surface area contributed by atoms with Crippen molar-refractivity contribution >= 4 is 29.4 Å². The van der Waals surface area contributed by atoms with E-state index in [1.807, 2.05) is 25.1 Å². The fourth-order valence-corrected chi connectivity index (χ4v) is 1.65. The Morgan fingerprint density at radius 2 is 2.16 bits per heavy atom. The van der Waals surface area contributed by atoms with Crippen LogP contribution in [0.25, 0.3) is 6.08 Å². The van der Waals surface area contributed by atoms with E-state index in [2.05, 4.69) is 15.5 Å². The second-order valence-corrected chi connectivity index (χ2v) is 4.44. The molecule has 19 heavy (non-hydrogen) atoms. The molecule has 0 aliphatic carbocycles. The van der Waals surface area contributed by atoms with E-state index in [1.165, 1.54) is 6.08 Å².